The molecule has 1 aliphatic rings. The van der Waals surface area contributed by atoms with Crippen molar-refractivity contribution >= 4 is 5.91 Å². The Kier molecular flexibility index (Phi) is 5.23. The van der Waals surface area contributed by atoms with Crippen molar-refractivity contribution in [3.63, 3.8) is 0 Å². The quantitative estimate of drug-likeness (QED) is 0.905. The van der Waals surface area contributed by atoms with Gasteiger partial charge in [0, 0.05) is 12.8 Å². The third kappa shape index (κ3) is 4.59. The summed E-state index contributed by atoms with van der Waals surface area (Å²) < 4.78 is 46.7. The lowest BCUT2D eigenvalue weighted by molar-refractivity contribution is -0.154. The number of carbonyl (C=O) groups excluding carboxylic acids is 1. The summed E-state index contributed by atoms with van der Waals surface area (Å²) in [7, 11) is 0. The van der Waals surface area contributed by atoms with Crippen molar-refractivity contribution in [3.8, 4) is 5.88 Å². The van der Waals surface area contributed by atoms with E-state index in [1.807, 2.05) is 0 Å². The second-order valence-corrected chi connectivity index (χ2v) is 5.07. The zero-order valence-electron chi connectivity index (χ0n) is 12.0. The van der Waals surface area contributed by atoms with Gasteiger partial charge in [0.2, 0.25) is 5.88 Å². The van der Waals surface area contributed by atoms with Gasteiger partial charge in [-0.1, -0.05) is 0 Å². The lowest BCUT2D eigenvalue weighted by atomic mass is 10.1. The standard InChI is InChI=1S/C14H17F3N2O3/c1-9(11-5-3-7-21-11)19-12(20)10-4-2-6-18-13(10)22-8-14(15,16)17/h2,4,6,9,11H,3,5,7-8H2,1H3,(H,19,20)/t9-,11-/m0/s1. The van der Waals surface area contributed by atoms with Crippen LogP contribution in [0.4, 0.5) is 13.2 Å². The summed E-state index contributed by atoms with van der Waals surface area (Å²) in [6, 6.07) is 2.59. The van der Waals surface area contributed by atoms with Crippen LogP contribution < -0.4 is 10.1 Å². The minimum absolute atomic E-state index is 0.0309. The molecular formula is C14H17F3N2O3. The maximum Gasteiger partial charge on any atom is 0.422 e. The number of nitrogens with zero attached hydrogens (tertiary/aromatic N) is 1. The molecule has 1 aliphatic heterocycles. The summed E-state index contributed by atoms with van der Waals surface area (Å²) in [4.78, 5) is 15.9. The Morgan fingerprint density at radius 1 is 1.59 bits per heavy atom. The smallest absolute Gasteiger partial charge is 0.422 e. The minimum atomic E-state index is -4.49. The Morgan fingerprint density at radius 3 is 3.00 bits per heavy atom. The van der Waals surface area contributed by atoms with Crippen LogP contribution in [0.3, 0.4) is 0 Å². The molecule has 1 fully saturated rings. The summed E-state index contributed by atoms with van der Waals surface area (Å²) >= 11 is 0. The molecule has 2 rings (SSSR count). The van der Waals surface area contributed by atoms with Crippen LogP contribution in [0.15, 0.2) is 18.3 Å². The number of hydrogen-bond donors (Lipinski definition) is 1. The first-order chi connectivity index (χ1) is 10.4. The van der Waals surface area contributed by atoms with Gasteiger partial charge in [0.25, 0.3) is 5.91 Å². The number of amides is 1. The van der Waals surface area contributed by atoms with E-state index in [0.717, 1.165) is 12.8 Å². The van der Waals surface area contributed by atoms with Gasteiger partial charge in [-0.2, -0.15) is 13.2 Å². The molecule has 0 saturated carbocycles. The van der Waals surface area contributed by atoms with E-state index in [-0.39, 0.29) is 23.6 Å². The van der Waals surface area contributed by atoms with Crippen molar-refractivity contribution in [3.05, 3.63) is 23.9 Å². The molecule has 1 saturated heterocycles. The van der Waals surface area contributed by atoms with Crippen LogP contribution in [-0.4, -0.2) is 42.4 Å². The molecule has 0 aliphatic carbocycles. The van der Waals surface area contributed by atoms with E-state index in [1.165, 1.54) is 18.3 Å². The predicted octanol–water partition coefficient (Wildman–Crippen LogP) is 2.32. The van der Waals surface area contributed by atoms with Crippen LogP contribution >= 0.6 is 0 Å². The molecule has 2 heterocycles. The fraction of sp³-hybridized carbons (Fsp3) is 0.571. The van der Waals surface area contributed by atoms with Crippen molar-refractivity contribution < 1.29 is 27.4 Å². The van der Waals surface area contributed by atoms with E-state index >= 15 is 0 Å². The SMILES string of the molecule is C[C@H](NC(=O)c1cccnc1OCC(F)(F)F)[C@@H]1CCCO1. The topological polar surface area (TPSA) is 60.5 Å². The van der Waals surface area contributed by atoms with Crippen molar-refractivity contribution in [2.24, 2.45) is 0 Å². The van der Waals surface area contributed by atoms with Crippen LogP contribution in [0.5, 0.6) is 5.88 Å². The van der Waals surface area contributed by atoms with Crippen molar-refractivity contribution in [2.75, 3.05) is 13.2 Å². The Hall–Kier alpha value is -1.83. The second-order valence-electron chi connectivity index (χ2n) is 5.07. The van der Waals surface area contributed by atoms with Crippen molar-refractivity contribution in [1.29, 1.82) is 0 Å². The zero-order valence-corrected chi connectivity index (χ0v) is 12.0. The van der Waals surface area contributed by atoms with Gasteiger partial charge >= 0.3 is 6.18 Å². The van der Waals surface area contributed by atoms with Crippen molar-refractivity contribution in [2.45, 2.75) is 38.1 Å². The highest BCUT2D eigenvalue weighted by Crippen LogP contribution is 2.21. The zero-order chi connectivity index (χ0) is 16.2. The molecule has 1 aromatic heterocycles. The summed E-state index contributed by atoms with van der Waals surface area (Å²) in [6.07, 6.45) is -1.54. The van der Waals surface area contributed by atoms with Crippen LogP contribution in [0.2, 0.25) is 0 Å². The Bertz CT molecular complexity index is 516. The van der Waals surface area contributed by atoms with Gasteiger partial charge in [0.05, 0.1) is 12.1 Å². The molecule has 0 unspecified atom stereocenters. The highest BCUT2D eigenvalue weighted by Gasteiger charge is 2.30. The summed E-state index contributed by atoms with van der Waals surface area (Å²) in [5, 5.41) is 2.71. The molecule has 0 aromatic carbocycles. The van der Waals surface area contributed by atoms with Crippen molar-refractivity contribution in [1.82, 2.24) is 10.3 Å². The maximum atomic E-state index is 12.2. The molecule has 2 atom stereocenters. The average molecular weight is 318 g/mol. The molecular weight excluding hydrogens is 301 g/mol. The largest absolute Gasteiger partial charge is 0.467 e. The normalized spacial score (nSPS) is 19.7. The monoisotopic (exact) mass is 318 g/mol. The Labute approximate surface area is 125 Å². The lowest BCUT2D eigenvalue weighted by Crippen LogP contribution is -2.41. The van der Waals surface area contributed by atoms with Crippen LogP contribution in [0.1, 0.15) is 30.1 Å². The van der Waals surface area contributed by atoms with E-state index in [4.69, 9.17) is 4.74 Å². The van der Waals surface area contributed by atoms with Gasteiger partial charge in [-0.05, 0) is 31.9 Å². The van der Waals surface area contributed by atoms with E-state index < -0.39 is 18.7 Å². The van der Waals surface area contributed by atoms with Crippen LogP contribution in [0.25, 0.3) is 0 Å². The molecule has 0 spiro atoms. The third-order valence-electron chi connectivity index (χ3n) is 3.27. The highest BCUT2D eigenvalue weighted by molar-refractivity contribution is 5.96. The Balaban J connectivity index is 2.02. The van der Waals surface area contributed by atoms with E-state index in [1.54, 1.807) is 6.92 Å². The fourth-order valence-corrected chi connectivity index (χ4v) is 2.20. The first-order valence-electron chi connectivity index (χ1n) is 6.94. The molecule has 0 radical (unpaired) electrons. The second kappa shape index (κ2) is 6.95. The lowest BCUT2D eigenvalue weighted by Gasteiger charge is -2.20. The first-order valence-corrected chi connectivity index (χ1v) is 6.94. The Morgan fingerprint density at radius 2 is 2.36 bits per heavy atom. The molecule has 22 heavy (non-hydrogen) atoms. The van der Waals surface area contributed by atoms with Crippen LogP contribution in [0, 0.1) is 0 Å². The van der Waals surface area contributed by atoms with Gasteiger partial charge in [-0.25, -0.2) is 4.98 Å². The number of alkyl halides is 3. The fourth-order valence-electron chi connectivity index (χ4n) is 2.20. The molecule has 0 bridgehead atoms. The van der Waals surface area contributed by atoms with Crippen LogP contribution in [-0.2, 0) is 4.74 Å². The van der Waals surface area contributed by atoms with E-state index in [9.17, 15) is 18.0 Å². The maximum absolute atomic E-state index is 12.2. The number of ether oxygens (including phenoxy) is 2. The highest BCUT2D eigenvalue weighted by atomic mass is 19.4. The molecule has 1 N–H and O–H groups in total. The molecule has 122 valence electrons. The van der Waals surface area contributed by atoms with E-state index in [0.29, 0.717) is 6.61 Å². The number of rotatable bonds is 5. The van der Waals surface area contributed by atoms with Gasteiger partial charge in [-0.3, -0.25) is 4.79 Å². The molecule has 5 nitrogen and oxygen atoms in total. The average Bonchev–Trinajstić information content (AvgIpc) is 2.99. The number of carbonyl (C=O) groups is 1. The predicted molar refractivity (Wildman–Crippen MR) is 71.7 cm³/mol. The summed E-state index contributed by atoms with van der Waals surface area (Å²) in [6.45, 7) is 0.948. The van der Waals surface area contributed by atoms with Gasteiger partial charge in [0.15, 0.2) is 6.61 Å². The number of nitrogens with one attached hydrogen (secondary N) is 1. The molecule has 1 aromatic rings. The summed E-state index contributed by atoms with van der Waals surface area (Å²) in [5.74, 6) is -0.870. The molecule has 8 heteroatoms. The minimum Gasteiger partial charge on any atom is -0.467 e. The number of aromatic nitrogens is 1. The van der Waals surface area contributed by atoms with Gasteiger partial charge < -0.3 is 14.8 Å². The third-order valence-corrected chi connectivity index (χ3v) is 3.27. The molecule has 1 amide bonds. The number of halogens is 3. The number of hydrogen-bond acceptors (Lipinski definition) is 4. The first kappa shape index (κ1) is 16.5. The van der Waals surface area contributed by atoms with Gasteiger partial charge in [-0.15, -0.1) is 0 Å². The summed E-state index contributed by atoms with van der Waals surface area (Å²) in [5.41, 5.74) is -0.0309. The van der Waals surface area contributed by atoms with E-state index in [2.05, 4.69) is 15.0 Å². The van der Waals surface area contributed by atoms with Gasteiger partial charge in [0.1, 0.15) is 5.56 Å². The number of pyridine rings is 1.